The lowest BCUT2D eigenvalue weighted by molar-refractivity contribution is 0.306. The number of rotatable bonds is 7. The molecule has 0 fully saturated rings. The predicted octanol–water partition coefficient (Wildman–Crippen LogP) is 4.57. The number of ether oxygens (including phenoxy) is 1. The molecule has 0 aliphatic carbocycles. The molecule has 0 spiro atoms. The molecule has 0 bridgehead atoms. The molecule has 3 nitrogen and oxygen atoms in total. The molecule has 0 saturated carbocycles. The third-order valence-electron chi connectivity index (χ3n) is 4.03. The maximum atomic E-state index is 5.84. The Morgan fingerprint density at radius 3 is 2.24 bits per heavy atom. The fourth-order valence-corrected chi connectivity index (χ4v) is 2.59. The van der Waals surface area contributed by atoms with Gasteiger partial charge in [0.15, 0.2) is 0 Å². The topological polar surface area (TPSA) is 34.1 Å². The average Bonchev–Trinajstić information content (AvgIpc) is 2.62. The van der Waals surface area contributed by atoms with Crippen molar-refractivity contribution < 1.29 is 4.74 Å². The van der Waals surface area contributed by atoms with Crippen LogP contribution in [-0.2, 0) is 19.7 Å². The Balaban J connectivity index is 1.46. The maximum Gasteiger partial charge on any atom is 0.119 e. The van der Waals surface area contributed by atoms with Crippen LogP contribution in [0.2, 0.25) is 0 Å². The van der Waals surface area contributed by atoms with Crippen molar-refractivity contribution in [1.82, 2.24) is 10.3 Å². The monoisotopic (exact) mass is 332 g/mol. The molecular weight excluding hydrogens is 308 g/mol. The van der Waals surface area contributed by atoms with Crippen LogP contribution in [0, 0.1) is 13.8 Å². The number of hydrogen-bond acceptors (Lipinski definition) is 3. The molecule has 1 N–H and O–H groups in total. The number of pyridine rings is 1. The van der Waals surface area contributed by atoms with Crippen molar-refractivity contribution >= 4 is 0 Å². The minimum Gasteiger partial charge on any atom is -0.489 e. The highest BCUT2D eigenvalue weighted by atomic mass is 16.5. The van der Waals surface area contributed by atoms with E-state index < -0.39 is 0 Å². The molecule has 0 aliphatic heterocycles. The van der Waals surface area contributed by atoms with E-state index in [9.17, 15) is 0 Å². The normalized spacial score (nSPS) is 10.6. The number of nitrogens with one attached hydrogen (secondary N) is 1. The van der Waals surface area contributed by atoms with Gasteiger partial charge in [0.2, 0.25) is 0 Å². The first-order valence-corrected chi connectivity index (χ1v) is 8.59. The number of aryl methyl sites for hydroxylation is 2. The Labute approximate surface area is 149 Å². The van der Waals surface area contributed by atoms with E-state index in [2.05, 4.69) is 53.6 Å². The van der Waals surface area contributed by atoms with E-state index in [-0.39, 0.29) is 0 Å². The Morgan fingerprint density at radius 1 is 0.800 bits per heavy atom. The van der Waals surface area contributed by atoms with Crippen molar-refractivity contribution in [2.75, 3.05) is 0 Å². The summed E-state index contributed by atoms with van der Waals surface area (Å²) in [6, 6.07) is 22.8. The molecule has 0 atom stereocenters. The molecule has 1 heterocycles. The second-order valence-corrected chi connectivity index (χ2v) is 6.29. The first kappa shape index (κ1) is 17.2. The van der Waals surface area contributed by atoms with Gasteiger partial charge < -0.3 is 10.1 Å². The molecule has 0 radical (unpaired) electrons. The lowest BCUT2D eigenvalue weighted by Crippen LogP contribution is -2.13. The third kappa shape index (κ3) is 5.44. The molecule has 128 valence electrons. The highest BCUT2D eigenvalue weighted by Crippen LogP contribution is 2.14. The van der Waals surface area contributed by atoms with E-state index in [1.54, 1.807) is 0 Å². The van der Waals surface area contributed by atoms with Gasteiger partial charge in [-0.05, 0) is 49.2 Å². The number of nitrogens with zero attached hydrogens (tertiary/aromatic N) is 1. The van der Waals surface area contributed by atoms with Crippen molar-refractivity contribution in [3.8, 4) is 5.75 Å². The summed E-state index contributed by atoms with van der Waals surface area (Å²) in [6.07, 6.45) is 0. The SMILES string of the molecule is Cc1ccc(COc2ccc(CNCc3cccc(C)n3)cc2)cc1. The summed E-state index contributed by atoms with van der Waals surface area (Å²) < 4.78 is 5.84. The fraction of sp³-hybridized carbons (Fsp3) is 0.227. The Morgan fingerprint density at radius 2 is 1.52 bits per heavy atom. The van der Waals surface area contributed by atoms with Crippen LogP contribution >= 0.6 is 0 Å². The minimum absolute atomic E-state index is 0.594. The van der Waals surface area contributed by atoms with E-state index in [0.717, 1.165) is 30.2 Å². The van der Waals surface area contributed by atoms with Gasteiger partial charge in [0, 0.05) is 18.8 Å². The highest BCUT2D eigenvalue weighted by Gasteiger charge is 1.99. The number of aromatic nitrogens is 1. The molecule has 0 amide bonds. The summed E-state index contributed by atoms with van der Waals surface area (Å²) in [6.45, 7) is 6.28. The Hall–Kier alpha value is -2.65. The number of hydrogen-bond donors (Lipinski definition) is 1. The standard InChI is InChI=1S/C22H24N2O/c1-17-6-8-20(9-7-17)16-25-22-12-10-19(11-13-22)14-23-15-21-5-3-4-18(2)24-21/h3-13,23H,14-16H2,1-2H3. The molecule has 0 aliphatic rings. The molecular formula is C22H24N2O. The minimum atomic E-state index is 0.594. The Bertz CT molecular complexity index is 795. The lowest BCUT2D eigenvalue weighted by atomic mass is 10.2. The van der Waals surface area contributed by atoms with Crippen LogP contribution in [0.15, 0.2) is 66.7 Å². The molecule has 3 rings (SSSR count). The van der Waals surface area contributed by atoms with Crippen molar-refractivity contribution in [2.24, 2.45) is 0 Å². The van der Waals surface area contributed by atoms with E-state index in [1.807, 2.05) is 37.3 Å². The van der Waals surface area contributed by atoms with Gasteiger partial charge in [0.1, 0.15) is 12.4 Å². The molecule has 0 saturated heterocycles. The zero-order valence-corrected chi connectivity index (χ0v) is 14.8. The zero-order chi connectivity index (χ0) is 17.5. The zero-order valence-electron chi connectivity index (χ0n) is 14.8. The van der Waals surface area contributed by atoms with Crippen molar-refractivity contribution in [1.29, 1.82) is 0 Å². The molecule has 1 aromatic heterocycles. The van der Waals surface area contributed by atoms with Crippen LogP contribution in [0.5, 0.6) is 5.75 Å². The van der Waals surface area contributed by atoms with Crippen LogP contribution in [0.3, 0.4) is 0 Å². The smallest absolute Gasteiger partial charge is 0.119 e. The van der Waals surface area contributed by atoms with Crippen LogP contribution in [0.25, 0.3) is 0 Å². The van der Waals surface area contributed by atoms with E-state index in [4.69, 9.17) is 4.74 Å². The molecule has 0 unspecified atom stereocenters. The summed E-state index contributed by atoms with van der Waals surface area (Å²) in [4.78, 5) is 4.49. The molecule has 3 aromatic rings. The van der Waals surface area contributed by atoms with Gasteiger partial charge in [-0.2, -0.15) is 0 Å². The lowest BCUT2D eigenvalue weighted by Gasteiger charge is -2.09. The van der Waals surface area contributed by atoms with E-state index >= 15 is 0 Å². The second-order valence-electron chi connectivity index (χ2n) is 6.29. The first-order chi connectivity index (χ1) is 12.2. The molecule has 2 aromatic carbocycles. The summed E-state index contributed by atoms with van der Waals surface area (Å²) >= 11 is 0. The van der Waals surface area contributed by atoms with Gasteiger partial charge in [-0.1, -0.05) is 48.0 Å². The number of benzene rings is 2. The van der Waals surface area contributed by atoms with Gasteiger partial charge in [-0.3, -0.25) is 4.98 Å². The quantitative estimate of drug-likeness (QED) is 0.688. The van der Waals surface area contributed by atoms with Crippen LogP contribution in [0.1, 0.15) is 28.1 Å². The van der Waals surface area contributed by atoms with Gasteiger partial charge in [-0.15, -0.1) is 0 Å². The fourth-order valence-electron chi connectivity index (χ4n) is 2.59. The van der Waals surface area contributed by atoms with E-state index in [0.29, 0.717) is 6.61 Å². The van der Waals surface area contributed by atoms with Crippen LogP contribution < -0.4 is 10.1 Å². The van der Waals surface area contributed by atoms with Gasteiger partial charge in [0.25, 0.3) is 0 Å². The summed E-state index contributed by atoms with van der Waals surface area (Å²) in [7, 11) is 0. The second kappa shape index (κ2) is 8.45. The van der Waals surface area contributed by atoms with Gasteiger partial charge >= 0.3 is 0 Å². The average molecular weight is 332 g/mol. The van der Waals surface area contributed by atoms with Gasteiger partial charge in [-0.25, -0.2) is 0 Å². The molecule has 25 heavy (non-hydrogen) atoms. The van der Waals surface area contributed by atoms with Gasteiger partial charge in [0.05, 0.1) is 5.69 Å². The van der Waals surface area contributed by atoms with E-state index in [1.165, 1.54) is 16.7 Å². The molecule has 3 heteroatoms. The van der Waals surface area contributed by atoms with Crippen molar-refractivity contribution in [3.63, 3.8) is 0 Å². The largest absolute Gasteiger partial charge is 0.489 e. The highest BCUT2D eigenvalue weighted by molar-refractivity contribution is 5.28. The third-order valence-corrected chi connectivity index (χ3v) is 4.03. The van der Waals surface area contributed by atoms with Crippen molar-refractivity contribution in [3.05, 3.63) is 94.8 Å². The summed E-state index contributed by atoms with van der Waals surface area (Å²) in [5, 5.41) is 3.42. The van der Waals surface area contributed by atoms with Crippen molar-refractivity contribution in [2.45, 2.75) is 33.5 Å². The summed E-state index contributed by atoms with van der Waals surface area (Å²) in [5.74, 6) is 0.893. The van der Waals surface area contributed by atoms with Crippen LogP contribution in [-0.4, -0.2) is 4.98 Å². The first-order valence-electron chi connectivity index (χ1n) is 8.59. The predicted molar refractivity (Wildman–Crippen MR) is 101 cm³/mol. The van der Waals surface area contributed by atoms with Crippen LogP contribution in [0.4, 0.5) is 0 Å². The Kier molecular flexibility index (Phi) is 5.81. The summed E-state index contributed by atoms with van der Waals surface area (Å²) in [5.41, 5.74) is 5.80. The maximum absolute atomic E-state index is 5.84.